The van der Waals surface area contributed by atoms with E-state index in [1.807, 2.05) is 36.4 Å². The van der Waals surface area contributed by atoms with Crippen LogP contribution in [0.4, 0.5) is 5.69 Å². The van der Waals surface area contributed by atoms with Gasteiger partial charge in [-0.05, 0) is 62.9 Å². The molecule has 1 aliphatic carbocycles. The average molecular weight is 405 g/mol. The van der Waals surface area contributed by atoms with Gasteiger partial charge in [-0.25, -0.2) is 5.10 Å². The fourth-order valence-corrected chi connectivity index (χ4v) is 4.42. The van der Waals surface area contributed by atoms with Crippen LogP contribution in [-0.4, -0.2) is 29.8 Å². The largest absolute Gasteiger partial charge is 0.385 e. The van der Waals surface area contributed by atoms with Gasteiger partial charge in [-0.1, -0.05) is 49.6 Å². The predicted molar refractivity (Wildman–Crippen MR) is 125 cm³/mol. The number of anilines is 1. The second-order valence-electron chi connectivity index (χ2n) is 8.37. The lowest BCUT2D eigenvalue weighted by atomic mass is 10.0. The number of unbranched alkanes of at least 4 members (excludes halogenated alkanes) is 2. The summed E-state index contributed by atoms with van der Waals surface area (Å²) in [6, 6.07) is 15.9. The van der Waals surface area contributed by atoms with Gasteiger partial charge in [-0.15, -0.1) is 0 Å². The van der Waals surface area contributed by atoms with E-state index in [0.717, 1.165) is 47.8 Å². The second kappa shape index (κ2) is 10.4. The van der Waals surface area contributed by atoms with Crippen molar-refractivity contribution in [2.24, 2.45) is 5.92 Å². The number of aromatic nitrogens is 2. The van der Waals surface area contributed by atoms with Gasteiger partial charge in [0.05, 0.1) is 11.1 Å². The molecule has 0 unspecified atom stereocenters. The fourth-order valence-electron chi connectivity index (χ4n) is 4.42. The van der Waals surface area contributed by atoms with Crippen LogP contribution in [0.5, 0.6) is 0 Å². The summed E-state index contributed by atoms with van der Waals surface area (Å²) < 4.78 is 0. The van der Waals surface area contributed by atoms with Crippen molar-refractivity contribution in [2.75, 3.05) is 25.0 Å². The normalized spacial score (nSPS) is 14.4. The summed E-state index contributed by atoms with van der Waals surface area (Å²) in [6.45, 7) is 3.31. The van der Waals surface area contributed by atoms with E-state index in [2.05, 4.69) is 33.0 Å². The highest BCUT2D eigenvalue weighted by Gasteiger charge is 2.13. The topological polar surface area (TPSA) is 69.8 Å². The Balaban J connectivity index is 1.25. The van der Waals surface area contributed by atoms with Crippen molar-refractivity contribution in [3.05, 3.63) is 58.9 Å². The number of hydrogen-bond donors (Lipinski definition) is 3. The summed E-state index contributed by atoms with van der Waals surface area (Å²) >= 11 is 0. The highest BCUT2D eigenvalue weighted by molar-refractivity contribution is 5.94. The van der Waals surface area contributed by atoms with Crippen molar-refractivity contribution in [3.63, 3.8) is 0 Å². The monoisotopic (exact) mass is 404 g/mol. The SMILES string of the molecule is O=c1[nH]nc(-c2cccc(NCCCCCNCC3CCCC3)c2)c2ccccc12. The molecule has 4 rings (SSSR count). The summed E-state index contributed by atoms with van der Waals surface area (Å²) in [5.74, 6) is 0.924. The first-order valence-corrected chi connectivity index (χ1v) is 11.3. The Hall–Kier alpha value is -2.66. The molecule has 1 aromatic heterocycles. The van der Waals surface area contributed by atoms with Crippen molar-refractivity contribution in [1.82, 2.24) is 15.5 Å². The van der Waals surface area contributed by atoms with Gasteiger partial charge in [-0.2, -0.15) is 5.10 Å². The van der Waals surface area contributed by atoms with E-state index in [1.165, 1.54) is 45.1 Å². The lowest BCUT2D eigenvalue weighted by molar-refractivity contribution is 0.481. The zero-order chi connectivity index (χ0) is 20.6. The van der Waals surface area contributed by atoms with Gasteiger partial charge >= 0.3 is 0 Å². The number of H-pyrrole nitrogens is 1. The molecule has 0 radical (unpaired) electrons. The van der Waals surface area contributed by atoms with Gasteiger partial charge in [0.15, 0.2) is 0 Å². The number of aromatic amines is 1. The molecule has 0 atom stereocenters. The third-order valence-corrected chi connectivity index (χ3v) is 6.10. The molecule has 0 saturated heterocycles. The van der Waals surface area contributed by atoms with Crippen LogP contribution in [0.2, 0.25) is 0 Å². The highest BCUT2D eigenvalue weighted by atomic mass is 16.1. The van der Waals surface area contributed by atoms with E-state index in [-0.39, 0.29) is 5.56 Å². The van der Waals surface area contributed by atoms with Gasteiger partial charge in [0, 0.05) is 23.2 Å². The van der Waals surface area contributed by atoms with Crippen molar-refractivity contribution < 1.29 is 0 Å². The van der Waals surface area contributed by atoms with Gasteiger partial charge in [0.1, 0.15) is 0 Å². The van der Waals surface area contributed by atoms with Crippen molar-refractivity contribution in [1.29, 1.82) is 0 Å². The molecule has 0 spiro atoms. The molecular formula is C25H32N4O. The molecule has 1 aliphatic rings. The maximum Gasteiger partial charge on any atom is 0.272 e. The predicted octanol–water partition coefficient (Wildman–Crippen LogP) is 4.95. The lowest BCUT2D eigenvalue weighted by Crippen LogP contribution is -2.22. The third kappa shape index (κ3) is 5.28. The molecule has 3 N–H and O–H groups in total. The molecule has 3 aromatic rings. The summed E-state index contributed by atoms with van der Waals surface area (Å²) in [5, 5.41) is 15.6. The Labute approximate surface area is 178 Å². The minimum atomic E-state index is -0.152. The third-order valence-electron chi connectivity index (χ3n) is 6.10. The molecule has 0 bridgehead atoms. The number of rotatable bonds is 10. The summed E-state index contributed by atoms with van der Waals surface area (Å²) in [4.78, 5) is 12.0. The number of nitrogens with zero attached hydrogens (tertiary/aromatic N) is 1. The molecule has 0 aliphatic heterocycles. The van der Waals surface area contributed by atoms with E-state index < -0.39 is 0 Å². The van der Waals surface area contributed by atoms with E-state index in [1.54, 1.807) is 0 Å². The maximum atomic E-state index is 12.0. The Morgan fingerprint density at radius 2 is 1.73 bits per heavy atom. The van der Waals surface area contributed by atoms with Crippen LogP contribution in [0.3, 0.4) is 0 Å². The zero-order valence-corrected chi connectivity index (χ0v) is 17.6. The van der Waals surface area contributed by atoms with Crippen LogP contribution >= 0.6 is 0 Å². The minimum Gasteiger partial charge on any atom is -0.385 e. The standard InChI is InChI=1S/C25H32N4O/c30-25-23-14-5-4-13-22(23)24(28-29-25)20-11-8-12-21(17-20)27-16-7-1-6-15-26-18-19-9-2-3-10-19/h4-5,8,11-14,17,19,26-27H,1-3,6-7,9-10,15-16,18H2,(H,29,30). The second-order valence-corrected chi connectivity index (χ2v) is 8.37. The van der Waals surface area contributed by atoms with Crippen LogP contribution in [0.25, 0.3) is 22.0 Å². The molecular weight excluding hydrogens is 372 g/mol. The summed E-state index contributed by atoms with van der Waals surface area (Å²) in [7, 11) is 0. The van der Waals surface area contributed by atoms with Gasteiger partial charge < -0.3 is 10.6 Å². The van der Waals surface area contributed by atoms with Gasteiger partial charge in [0.25, 0.3) is 5.56 Å². The van der Waals surface area contributed by atoms with Crippen molar-refractivity contribution in [2.45, 2.75) is 44.9 Å². The Bertz CT molecular complexity index is 1010. The van der Waals surface area contributed by atoms with Crippen LogP contribution in [-0.2, 0) is 0 Å². The molecule has 1 fully saturated rings. The van der Waals surface area contributed by atoms with E-state index in [9.17, 15) is 4.79 Å². The van der Waals surface area contributed by atoms with Crippen molar-refractivity contribution >= 4 is 16.5 Å². The first-order chi connectivity index (χ1) is 14.8. The molecule has 1 heterocycles. The number of nitrogens with one attached hydrogen (secondary N) is 3. The van der Waals surface area contributed by atoms with Crippen LogP contribution < -0.4 is 16.2 Å². The molecule has 1 saturated carbocycles. The zero-order valence-electron chi connectivity index (χ0n) is 17.6. The molecule has 5 nitrogen and oxygen atoms in total. The average Bonchev–Trinajstić information content (AvgIpc) is 3.30. The quantitative estimate of drug-likeness (QED) is 0.418. The molecule has 2 aromatic carbocycles. The Morgan fingerprint density at radius 1 is 0.933 bits per heavy atom. The smallest absolute Gasteiger partial charge is 0.272 e. The molecule has 0 amide bonds. The first-order valence-electron chi connectivity index (χ1n) is 11.3. The Morgan fingerprint density at radius 3 is 2.60 bits per heavy atom. The Kier molecular flexibility index (Phi) is 7.14. The molecule has 30 heavy (non-hydrogen) atoms. The van der Waals surface area contributed by atoms with Gasteiger partial charge in [0.2, 0.25) is 0 Å². The lowest BCUT2D eigenvalue weighted by Gasteiger charge is -2.11. The molecule has 5 heteroatoms. The van der Waals surface area contributed by atoms with Crippen LogP contribution in [0, 0.1) is 5.92 Å². The minimum absolute atomic E-state index is 0.152. The van der Waals surface area contributed by atoms with E-state index in [4.69, 9.17) is 0 Å². The highest BCUT2D eigenvalue weighted by Crippen LogP contribution is 2.26. The maximum absolute atomic E-state index is 12.0. The van der Waals surface area contributed by atoms with Crippen LogP contribution in [0.15, 0.2) is 53.3 Å². The number of benzene rings is 2. The van der Waals surface area contributed by atoms with Crippen LogP contribution in [0.1, 0.15) is 44.9 Å². The molecule has 158 valence electrons. The van der Waals surface area contributed by atoms with E-state index in [0.29, 0.717) is 5.39 Å². The summed E-state index contributed by atoms with van der Waals surface area (Å²) in [5.41, 5.74) is 2.75. The van der Waals surface area contributed by atoms with Crippen molar-refractivity contribution in [3.8, 4) is 11.3 Å². The summed E-state index contributed by atoms with van der Waals surface area (Å²) in [6.07, 6.45) is 9.31. The first kappa shape index (κ1) is 20.6. The number of fused-ring (bicyclic) bond motifs is 1. The number of hydrogen-bond acceptors (Lipinski definition) is 4. The fraction of sp³-hybridized carbons (Fsp3) is 0.440. The van der Waals surface area contributed by atoms with E-state index >= 15 is 0 Å². The van der Waals surface area contributed by atoms with Gasteiger partial charge in [-0.3, -0.25) is 4.79 Å².